The fraction of sp³-hybridized carbons (Fsp3) is 0.500. The first-order valence-electron chi connectivity index (χ1n) is 5.06. The van der Waals surface area contributed by atoms with Crippen LogP contribution in [0.1, 0.15) is 32.6 Å². The van der Waals surface area contributed by atoms with E-state index in [1.165, 1.54) is 25.7 Å². The summed E-state index contributed by atoms with van der Waals surface area (Å²) >= 11 is 0. The molecule has 0 spiro atoms. The molecule has 0 aliphatic heterocycles. The van der Waals surface area contributed by atoms with Crippen LogP contribution in [0.2, 0.25) is 0 Å². The van der Waals surface area contributed by atoms with E-state index in [2.05, 4.69) is 18.3 Å². The summed E-state index contributed by atoms with van der Waals surface area (Å²) < 4.78 is 0. The quantitative estimate of drug-likeness (QED) is 0.269. The van der Waals surface area contributed by atoms with Gasteiger partial charge in [-0.3, -0.25) is 4.98 Å². The molecule has 0 radical (unpaired) electrons. The molecule has 1 nitrogen and oxygen atoms in total. The van der Waals surface area contributed by atoms with Gasteiger partial charge in [-0.25, -0.2) is 0 Å². The summed E-state index contributed by atoms with van der Waals surface area (Å²) in [6, 6.07) is 5.72. The van der Waals surface area contributed by atoms with Crippen LogP contribution in [0.4, 0.5) is 0 Å². The van der Waals surface area contributed by atoms with Gasteiger partial charge in [-0.1, -0.05) is 31.7 Å². The van der Waals surface area contributed by atoms with Crippen molar-refractivity contribution in [1.82, 2.24) is 4.98 Å². The molecule has 0 saturated heterocycles. The molecular weight excluding hydrogens is 457 g/mol. The summed E-state index contributed by atoms with van der Waals surface area (Å²) in [5.41, 5.74) is 0. The van der Waals surface area contributed by atoms with Crippen molar-refractivity contribution in [1.29, 1.82) is 0 Å². The Kier molecular flexibility index (Phi) is 54.0. The minimum Gasteiger partial charge on any atom is -1.00 e. The van der Waals surface area contributed by atoms with Crippen LogP contribution in [-0.4, -0.2) is 29.4 Å². The van der Waals surface area contributed by atoms with E-state index in [-0.39, 0.29) is 86.5 Å². The molecule has 0 bridgehead atoms. The number of hydrogen-bond donors (Lipinski definition) is 0. The first-order chi connectivity index (χ1) is 6.39. The molecule has 112 valence electrons. The average molecular weight is 475 g/mol. The first-order valence-corrected chi connectivity index (χ1v) is 5.06. The van der Waals surface area contributed by atoms with Crippen molar-refractivity contribution in [2.75, 3.05) is 0 Å². The van der Waals surface area contributed by atoms with Crippen LogP contribution in [-0.2, 0) is 0 Å². The fourth-order valence-corrected chi connectivity index (χ4v) is 1.44. The molecule has 2 rings (SSSR count). The Bertz CT molecular complexity index is 184. The maximum absolute atomic E-state index is 3.78. The normalized spacial score (nSPS) is 14.7. The molecule has 1 aromatic rings. The molecule has 1 atom stereocenters. The molecule has 1 fully saturated rings. The van der Waals surface area contributed by atoms with Crippen molar-refractivity contribution in [3.05, 3.63) is 37.0 Å². The van der Waals surface area contributed by atoms with Crippen LogP contribution < -0.4 is 62.0 Å². The van der Waals surface area contributed by atoms with Crippen LogP contribution >= 0.6 is 0 Å². The molecule has 1 aromatic heterocycles. The predicted molar refractivity (Wildman–Crippen MR) is 61.9 cm³/mol. The van der Waals surface area contributed by atoms with Crippen molar-refractivity contribution in [3.8, 4) is 0 Å². The van der Waals surface area contributed by atoms with Gasteiger partial charge in [0.1, 0.15) is 0 Å². The van der Waals surface area contributed by atoms with Gasteiger partial charge < -0.3 is 68.5 Å². The zero-order valence-corrected chi connectivity index (χ0v) is 17.0. The Morgan fingerprint density at radius 1 is 0.947 bits per heavy atom. The van der Waals surface area contributed by atoms with Crippen LogP contribution in [0, 0.1) is 12.3 Å². The van der Waals surface area contributed by atoms with E-state index in [1.807, 2.05) is 18.2 Å². The molecule has 7 heteroatoms. The Balaban J connectivity index is -0.0000000340. The number of aromatic nitrogens is 1. The molecule has 0 amide bonds. The van der Waals surface area contributed by atoms with Gasteiger partial charge in [-0.15, -0.1) is 0 Å². The third kappa shape index (κ3) is 24.8. The second-order valence-electron chi connectivity index (χ2n) is 3.59. The fourth-order valence-electron chi connectivity index (χ4n) is 1.44. The van der Waals surface area contributed by atoms with Crippen LogP contribution in [0.25, 0.3) is 0 Å². The van der Waals surface area contributed by atoms with E-state index in [0.29, 0.717) is 0 Å². The minimum atomic E-state index is 0. The van der Waals surface area contributed by atoms with E-state index in [4.69, 9.17) is 0 Å². The Labute approximate surface area is 166 Å². The van der Waals surface area contributed by atoms with E-state index in [9.17, 15) is 0 Å². The zero-order chi connectivity index (χ0) is 9.36. The summed E-state index contributed by atoms with van der Waals surface area (Å²) in [4.78, 5) is 3.78. The molecule has 0 aromatic carbocycles. The smallest absolute Gasteiger partial charge is 1.00 e. The van der Waals surface area contributed by atoms with E-state index < -0.39 is 0 Å². The molecule has 0 N–H and O–H groups in total. The Morgan fingerprint density at radius 3 is 1.63 bits per heavy atom. The van der Waals surface area contributed by atoms with Gasteiger partial charge >= 0.3 is 24.4 Å². The number of nitrogens with zero attached hydrogens (tertiary/aromatic N) is 1. The molecule has 1 heterocycles. The SMILES string of the molecule is CC1C[CH-]CCC1.[Cl-].[Cl-].[Cl-].[Cl-].[Cl-].[Sb+5].c1ccncc1. The summed E-state index contributed by atoms with van der Waals surface area (Å²) in [6.07, 6.45) is 11.5. The van der Waals surface area contributed by atoms with Crippen LogP contribution in [0.5, 0.6) is 0 Å². The molecule has 1 saturated carbocycles. The largest absolute Gasteiger partial charge is 5.00 e. The first kappa shape index (κ1) is 37.0. The van der Waals surface area contributed by atoms with Crippen molar-refractivity contribution >= 4 is 24.4 Å². The summed E-state index contributed by atoms with van der Waals surface area (Å²) in [7, 11) is 0. The van der Waals surface area contributed by atoms with Crippen LogP contribution in [0.15, 0.2) is 30.6 Å². The van der Waals surface area contributed by atoms with Gasteiger partial charge in [-0.2, -0.15) is 12.8 Å². The predicted octanol–water partition coefficient (Wildman–Crippen LogP) is -11.9. The Hall–Kier alpha value is 1.42. The monoisotopic (exact) mass is 472 g/mol. The summed E-state index contributed by atoms with van der Waals surface area (Å²) in [5, 5.41) is 0. The number of halogens is 5. The maximum atomic E-state index is 3.78. The minimum absolute atomic E-state index is 0. The molecule has 19 heavy (non-hydrogen) atoms. The van der Waals surface area contributed by atoms with Gasteiger partial charge in [0, 0.05) is 12.4 Å². The van der Waals surface area contributed by atoms with E-state index in [1.54, 1.807) is 12.4 Å². The van der Waals surface area contributed by atoms with Gasteiger partial charge in [0.05, 0.1) is 0 Å². The summed E-state index contributed by atoms with van der Waals surface area (Å²) in [6.45, 7) is 2.33. The van der Waals surface area contributed by atoms with Crippen molar-refractivity contribution < 1.29 is 62.0 Å². The molecular formula is C12H18Cl5NSb-. The van der Waals surface area contributed by atoms with Crippen molar-refractivity contribution in [3.63, 3.8) is 0 Å². The number of rotatable bonds is 0. The zero-order valence-electron chi connectivity index (χ0n) is 10.7. The number of hydrogen-bond acceptors (Lipinski definition) is 1. The van der Waals surface area contributed by atoms with Gasteiger partial charge in [-0.05, 0) is 12.1 Å². The van der Waals surface area contributed by atoms with Gasteiger partial charge in [0.25, 0.3) is 0 Å². The third-order valence-corrected chi connectivity index (χ3v) is 2.24. The van der Waals surface area contributed by atoms with Crippen molar-refractivity contribution in [2.24, 2.45) is 5.92 Å². The second kappa shape index (κ2) is 27.7. The topological polar surface area (TPSA) is 12.9 Å². The third-order valence-electron chi connectivity index (χ3n) is 2.24. The Morgan fingerprint density at radius 2 is 1.47 bits per heavy atom. The molecule has 1 unspecified atom stereocenters. The maximum Gasteiger partial charge on any atom is 5.00 e. The van der Waals surface area contributed by atoms with Crippen molar-refractivity contribution in [2.45, 2.75) is 32.6 Å². The standard InChI is InChI=1S/C7H13.C5H5N.5ClH.Sb/c1-7-5-3-2-4-6-7;1-2-4-6-5-3-1;;;;;;/h3,7H,2,4-6H2,1H3;1-5H;5*1H;/q-1;;;;;;;+5/p-5. The van der Waals surface area contributed by atoms with E-state index in [0.717, 1.165) is 5.92 Å². The van der Waals surface area contributed by atoms with E-state index >= 15 is 0 Å². The van der Waals surface area contributed by atoms with Gasteiger partial charge in [0.2, 0.25) is 0 Å². The van der Waals surface area contributed by atoms with Crippen LogP contribution in [0.3, 0.4) is 0 Å². The number of pyridine rings is 1. The average Bonchev–Trinajstić information content (AvgIpc) is 2.22. The molecule has 1 aliphatic carbocycles. The summed E-state index contributed by atoms with van der Waals surface area (Å²) in [5.74, 6) is 0.980. The second-order valence-corrected chi connectivity index (χ2v) is 3.59. The molecule has 1 aliphatic rings. The van der Waals surface area contributed by atoms with Gasteiger partial charge in [0.15, 0.2) is 0 Å².